The molecule has 1 aliphatic carbocycles. The third-order valence-electron chi connectivity index (χ3n) is 4.23. The van der Waals surface area contributed by atoms with E-state index in [4.69, 9.17) is 5.73 Å². The number of nitrogens with zero attached hydrogens (tertiary/aromatic N) is 2. The first kappa shape index (κ1) is 13.3. The molecule has 3 N–H and O–H groups in total. The average molecular weight is 270 g/mol. The topological polar surface area (TPSA) is 63.8 Å². The number of nitrogens with two attached hydrogens (primary N) is 1. The first-order valence-electron chi connectivity index (χ1n) is 7.45. The Kier molecular flexibility index (Phi) is 3.83. The molecule has 1 aliphatic rings. The summed E-state index contributed by atoms with van der Waals surface area (Å²) in [6.45, 7) is 2.99. The minimum Gasteiger partial charge on any atom is -0.354 e. The molecule has 0 spiro atoms. The van der Waals surface area contributed by atoms with E-state index >= 15 is 0 Å². The monoisotopic (exact) mass is 270 g/mol. The van der Waals surface area contributed by atoms with Gasteiger partial charge in [-0.15, -0.1) is 0 Å². The molecule has 0 radical (unpaired) electrons. The molecule has 0 bridgehead atoms. The van der Waals surface area contributed by atoms with Crippen molar-refractivity contribution in [1.82, 2.24) is 9.97 Å². The number of para-hydroxylation sites is 1. The van der Waals surface area contributed by atoms with Crippen molar-refractivity contribution in [1.29, 1.82) is 0 Å². The number of nitrogens with one attached hydrogen (secondary N) is 1. The molecule has 0 unspecified atom stereocenters. The zero-order valence-corrected chi connectivity index (χ0v) is 12.0. The minimum absolute atomic E-state index is 0.408. The van der Waals surface area contributed by atoms with Crippen molar-refractivity contribution >= 4 is 16.9 Å². The first-order valence-corrected chi connectivity index (χ1v) is 7.45. The molecule has 1 saturated carbocycles. The van der Waals surface area contributed by atoms with Gasteiger partial charge in [-0.3, -0.25) is 0 Å². The number of hydrogen-bond acceptors (Lipinski definition) is 4. The SMILES string of the molecule is Cc1nc(NCC2CCC(N)CC2)nc2ccccc12. The Balaban J connectivity index is 1.68. The van der Waals surface area contributed by atoms with E-state index in [2.05, 4.69) is 21.4 Å². The van der Waals surface area contributed by atoms with Crippen LogP contribution < -0.4 is 11.1 Å². The Morgan fingerprint density at radius 1 is 1.15 bits per heavy atom. The van der Waals surface area contributed by atoms with E-state index in [1.165, 1.54) is 12.8 Å². The van der Waals surface area contributed by atoms with Gasteiger partial charge in [-0.05, 0) is 44.6 Å². The van der Waals surface area contributed by atoms with Crippen molar-refractivity contribution in [2.75, 3.05) is 11.9 Å². The summed E-state index contributed by atoms with van der Waals surface area (Å²) in [5.74, 6) is 1.45. The highest BCUT2D eigenvalue weighted by Gasteiger charge is 2.18. The van der Waals surface area contributed by atoms with E-state index in [1.54, 1.807) is 0 Å². The molecular weight excluding hydrogens is 248 g/mol. The standard InChI is InChI=1S/C16H22N4/c1-11-14-4-2-3-5-15(14)20-16(19-11)18-10-12-6-8-13(17)9-7-12/h2-5,12-13H,6-10,17H2,1H3,(H,18,19,20). The lowest BCUT2D eigenvalue weighted by Crippen LogP contribution is -2.29. The number of fused-ring (bicyclic) bond motifs is 1. The van der Waals surface area contributed by atoms with Gasteiger partial charge in [0.2, 0.25) is 5.95 Å². The Morgan fingerprint density at radius 3 is 2.70 bits per heavy atom. The predicted octanol–water partition coefficient (Wildman–Crippen LogP) is 2.87. The normalized spacial score (nSPS) is 22.9. The second kappa shape index (κ2) is 5.75. The second-order valence-corrected chi connectivity index (χ2v) is 5.81. The highest BCUT2D eigenvalue weighted by Crippen LogP contribution is 2.23. The highest BCUT2D eigenvalue weighted by atomic mass is 15.1. The maximum absolute atomic E-state index is 5.94. The fraction of sp³-hybridized carbons (Fsp3) is 0.500. The molecule has 1 heterocycles. The maximum atomic E-state index is 5.94. The maximum Gasteiger partial charge on any atom is 0.223 e. The van der Waals surface area contributed by atoms with Gasteiger partial charge in [0, 0.05) is 18.0 Å². The highest BCUT2D eigenvalue weighted by molar-refractivity contribution is 5.81. The summed E-state index contributed by atoms with van der Waals surface area (Å²) >= 11 is 0. The van der Waals surface area contributed by atoms with Gasteiger partial charge in [-0.1, -0.05) is 18.2 Å². The van der Waals surface area contributed by atoms with Crippen molar-refractivity contribution < 1.29 is 0 Å². The second-order valence-electron chi connectivity index (χ2n) is 5.81. The van der Waals surface area contributed by atoms with Gasteiger partial charge < -0.3 is 11.1 Å². The molecular formula is C16H22N4. The number of aromatic nitrogens is 2. The van der Waals surface area contributed by atoms with Crippen LogP contribution in [-0.4, -0.2) is 22.6 Å². The van der Waals surface area contributed by atoms with Crippen LogP contribution in [0, 0.1) is 12.8 Å². The third-order valence-corrected chi connectivity index (χ3v) is 4.23. The number of hydrogen-bond donors (Lipinski definition) is 2. The van der Waals surface area contributed by atoms with Gasteiger partial charge in [0.25, 0.3) is 0 Å². The largest absolute Gasteiger partial charge is 0.354 e. The van der Waals surface area contributed by atoms with Crippen LogP contribution in [0.1, 0.15) is 31.4 Å². The van der Waals surface area contributed by atoms with Crippen LogP contribution in [0.15, 0.2) is 24.3 Å². The van der Waals surface area contributed by atoms with Crippen LogP contribution in [-0.2, 0) is 0 Å². The van der Waals surface area contributed by atoms with Crippen LogP contribution >= 0.6 is 0 Å². The van der Waals surface area contributed by atoms with Crippen molar-refractivity contribution in [3.63, 3.8) is 0 Å². The molecule has 0 saturated heterocycles. The van der Waals surface area contributed by atoms with Crippen LogP contribution in [0.25, 0.3) is 10.9 Å². The number of anilines is 1. The van der Waals surface area contributed by atoms with Gasteiger partial charge in [0.05, 0.1) is 11.2 Å². The summed E-state index contributed by atoms with van der Waals surface area (Å²) in [5, 5.41) is 4.53. The van der Waals surface area contributed by atoms with Crippen LogP contribution in [0.2, 0.25) is 0 Å². The molecule has 0 atom stereocenters. The third kappa shape index (κ3) is 2.90. The van der Waals surface area contributed by atoms with Gasteiger partial charge in [-0.25, -0.2) is 9.97 Å². The number of aryl methyl sites for hydroxylation is 1. The zero-order chi connectivity index (χ0) is 13.9. The summed E-state index contributed by atoms with van der Waals surface area (Å²) in [7, 11) is 0. The molecule has 1 aromatic carbocycles. The Labute approximate surface area is 119 Å². The van der Waals surface area contributed by atoms with Crippen molar-refractivity contribution in [3.8, 4) is 0 Å². The van der Waals surface area contributed by atoms with Gasteiger partial charge in [0.15, 0.2) is 0 Å². The first-order chi connectivity index (χ1) is 9.72. The number of benzene rings is 1. The van der Waals surface area contributed by atoms with E-state index in [0.717, 1.165) is 41.9 Å². The molecule has 20 heavy (non-hydrogen) atoms. The van der Waals surface area contributed by atoms with Crippen LogP contribution in [0.3, 0.4) is 0 Å². The fourth-order valence-electron chi connectivity index (χ4n) is 2.94. The van der Waals surface area contributed by atoms with Crippen molar-refractivity contribution in [2.24, 2.45) is 11.7 Å². The smallest absolute Gasteiger partial charge is 0.223 e. The van der Waals surface area contributed by atoms with Gasteiger partial charge >= 0.3 is 0 Å². The molecule has 2 aromatic rings. The van der Waals surface area contributed by atoms with Gasteiger partial charge in [0.1, 0.15) is 0 Å². The lowest BCUT2D eigenvalue weighted by atomic mass is 9.86. The quantitative estimate of drug-likeness (QED) is 0.900. The van der Waals surface area contributed by atoms with E-state index < -0.39 is 0 Å². The van der Waals surface area contributed by atoms with E-state index in [0.29, 0.717) is 12.0 Å². The summed E-state index contributed by atoms with van der Waals surface area (Å²) in [4.78, 5) is 9.14. The molecule has 4 heteroatoms. The summed E-state index contributed by atoms with van der Waals surface area (Å²) < 4.78 is 0. The van der Waals surface area contributed by atoms with E-state index in [1.807, 2.05) is 25.1 Å². The van der Waals surface area contributed by atoms with Crippen molar-refractivity contribution in [2.45, 2.75) is 38.6 Å². The summed E-state index contributed by atoms with van der Waals surface area (Å²) in [6.07, 6.45) is 4.70. The Morgan fingerprint density at radius 2 is 1.90 bits per heavy atom. The molecule has 0 amide bonds. The minimum atomic E-state index is 0.408. The van der Waals surface area contributed by atoms with Crippen LogP contribution in [0.5, 0.6) is 0 Å². The Hall–Kier alpha value is -1.68. The molecule has 106 valence electrons. The zero-order valence-electron chi connectivity index (χ0n) is 12.0. The van der Waals surface area contributed by atoms with Crippen molar-refractivity contribution in [3.05, 3.63) is 30.0 Å². The summed E-state index contributed by atoms with van der Waals surface area (Å²) in [6, 6.07) is 8.55. The van der Waals surface area contributed by atoms with E-state index in [9.17, 15) is 0 Å². The average Bonchev–Trinajstić information content (AvgIpc) is 2.47. The molecule has 4 nitrogen and oxygen atoms in total. The Bertz CT molecular complexity index is 588. The molecule has 1 aromatic heterocycles. The predicted molar refractivity (Wildman–Crippen MR) is 82.7 cm³/mol. The van der Waals surface area contributed by atoms with Crippen LogP contribution in [0.4, 0.5) is 5.95 Å². The van der Waals surface area contributed by atoms with Gasteiger partial charge in [-0.2, -0.15) is 0 Å². The van der Waals surface area contributed by atoms with E-state index in [-0.39, 0.29) is 0 Å². The summed E-state index contributed by atoms with van der Waals surface area (Å²) in [5.41, 5.74) is 7.98. The molecule has 1 fully saturated rings. The lowest BCUT2D eigenvalue weighted by Gasteiger charge is -2.26. The lowest BCUT2D eigenvalue weighted by molar-refractivity contribution is 0.338. The number of rotatable bonds is 3. The molecule has 3 rings (SSSR count). The fourth-order valence-corrected chi connectivity index (χ4v) is 2.94. The molecule has 0 aliphatic heterocycles.